The second kappa shape index (κ2) is 3.43. The molecule has 1 fully saturated rings. The number of fused-ring (bicyclic) bond motifs is 3. The van der Waals surface area contributed by atoms with Crippen LogP contribution in [0.3, 0.4) is 0 Å². The molecule has 1 aliphatic heterocycles. The van der Waals surface area contributed by atoms with Crippen LogP contribution >= 0.6 is 0 Å². The van der Waals surface area contributed by atoms with Gasteiger partial charge < -0.3 is 0 Å². The first-order valence-electron chi connectivity index (χ1n) is 5.36. The van der Waals surface area contributed by atoms with E-state index in [9.17, 15) is 4.79 Å². The number of nitrogens with zero attached hydrogens (tertiary/aromatic N) is 6. The molecule has 3 atom stereocenters. The number of azide groups is 1. The molecule has 7 heteroatoms. The summed E-state index contributed by atoms with van der Waals surface area (Å²) in [7, 11) is 1.64. The zero-order valence-corrected chi connectivity index (χ0v) is 9.19. The molecule has 7 nitrogen and oxygen atoms in total. The normalized spacial score (nSPS) is 29.8. The number of aromatic nitrogens is 2. The molecule has 0 spiro atoms. The van der Waals surface area contributed by atoms with E-state index in [2.05, 4.69) is 20.0 Å². The number of anilines is 1. The number of amides is 1. The molecular formula is C10H10N6O. The summed E-state index contributed by atoms with van der Waals surface area (Å²) in [4.78, 5) is 24.8. The summed E-state index contributed by atoms with van der Waals surface area (Å²) >= 11 is 0. The highest BCUT2D eigenvalue weighted by Crippen LogP contribution is 2.53. The summed E-state index contributed by atoms with van der Waals surface area (Å²) in [5.74, 6) is 0.664. The van der Waals surface area contributed by atoms with Crippen LogP contribution in [0.4, 0.5) is 5.82 Å². The van der Waals surface area contributed by atoms with Crippen molar-refractivity contribution >= 4 is 11.7 Å². The van der Waals surface area contributed by atoms with Crippen molar-refractivity contribution in [2.75, 3.05) is 11.9 Å². The van der Waals surface area contributed by atoms with Gasteiger partial charge in [-0.05, 0) is 17.9 Å². The summed E-state index contributed by atoms with van der Waals surface area (Å²) in [5, 5.41) is 3.61. The molecule has 3 rings (SSSR count). The Hall–Kier alpha value is -2.14. The summed E-state index contributed by atoms with van der Waals surface area (Å²) < 4.78 is 0. The molecule has 1 aromatic heterocycles. The molecule has 1 aliphatic carbocycles. The summed E-state index contributed by atoms with van der Waals surface area (Å²) in [6.07, 6.45) is 4.03. The fraction of sp³-hybridized carbons (Fsp3) is 0.500. The van der Waals surface area contributed by atoms with Crippen LogP contribution in [0, 0.1) is 5.92 Å². The van der Waals surface area contributed by atoms with Gasteiger partial charge in [-0.15, -0.1) is 0 Å². The predicted octanol–water partition coefficient (Wildman–Crippen LogP) is 1.24. The maximum atomic E-state index is 12.1. The van der Waals surface area contributed by atoms with Gasteiger partial charge in [0.2, 0.25) is 5.91 Å². The fourth-order valence-corrected chi connectivity index (χ4v) is 2.42. The number of likely N-dealkylation sites (N-methyl/N-ethyl adjacent to an activating group) is 1. The van der Waals surface area contributed by atoms with Crippen LogP contribution in [0.5, 0.6) is 0 Å². The molecule has 0 aromatic carbocycles. The van der Waals surface area contributed by atoms with Gasteiger partial charge in [0.15, 0.2) is 5.82 Å². The highest BCUT2D eigenvalue weighted by atomic mass is 16.2. The van der Waals surface area contributed by atoms with Crippen LogP contribution in [-0.4, -0.2) is 29.0 Å². The monoisotopic (exact) mass is 230 g/mol. The Morgan fingerprint density at radius 1 is 1.53 bits per heavy atom. The third-order valence-corrected chi connectivity index (χ3v) is 3.38. The zero-order chi connectivity index (χ0) is 12.0. The van der Waals surface area contributed by atoms with Crippen LogP contribution in [-0.2, 0) is 4.79 Å². The van der Waals surface area contributed by atoms with E-state index in [0.717, 1.165) is 12.1 Å². The largest absolute Gasteiger partial charge is 0.298 e. The van der Waals surface area contributed by atoms with E-state index in [4.69, 9.17) is 5.53 Å². The van der Waals surface area contributed by atoms with Crippen molar-refractivity contribution in [3.05, 3.63) is 28.5 Å². The van der Waals surface area contributed by atoms with E-state index in [1.54, 1.807) is 19.4 Å². The smallest absolute Gasteiger partial charge is 0.237 e. The van der Waals surface area contributed by atoms with E-state index >= 15 is 0 Å². The van der Waals surface area contributed by atoms with Gasteiger partial charge in [0, 0.05) is 30.3 Å². The quantitative estimate of drug-likeness (QED) is 0.412. The lowest BCUT2D eigenvalue weighted by atomic mass is 10.1. The number of carbonyl (C=O) groups excluding carboxylic acids is 1. The second-order valence-corrected chi connectivity index (χ2v) is 4.32. The molecule has 2 heterocycles. The topological polar surface area (TPSA) is 94.9 Å². The van der Waals surface area contributed by atoms with Crippen LogP contribution in [0.25, 0.3) is 10.4 Å². The molecule has 1 amide bonds. The van der Waals surface area contributed by atoms with Crippen molar-refractivity contribution in [1.82, 2.24) is 9.97 Å². The minimum absolute atomic E-state index is 0.0822. The van der Waals surface area contributed by atoms with E-state index in [-0.39, 0.29) is 17.7 Å². The lowest BCUT2D eigenvalue weighted by Crippen LogP contribution is -2.36. The number of rotatable bonds is 1. The van der Waals surface area contributed by atoms with Crippen molar-refractivity contribution in [3.8, 4) is 0 Å². The van der Waals surface area contributed by atoms with Crippen LogP contribution in [0.2, 0.25) is 0 Å². The Morgan fingerprint density at radius 3 is 3.06 bits per heavy atom. The highest BCUT2D eigenvalue weighted by molar-refractivity contribution is 5.98. The molecule has 0 N–H and O–H groups in total. The SMILES string of the molecule is CN1C(=O)[C@@H](N=[N+]=[N-])[C@H]2C[C@H]2c2nccnc21. The van der Waals surface area contributed by atoms with Gasteiger partial charge in [-0.3, -0.25) is 14.7 Å². The first kappa shape index (κ1) is 10.0. The molecule has 17 heavy (non-hydrogen) atoms. The Kier molecular flexibility index (Phi) is 2.02. The number of carbonyl (C=O) groups is 1. The van der Waals surface area contributed by atoms with E-state index in [1.807, 2.05) is 0 Å². The zero-order valence-electron chi connectivity index (χ0n) is 9.19. The molecule has 0 saturated heterocycles. The Balaban J connectivity index is 2.11. The van der Waals surface area contributed by atoms with Crippen LogP contribution in [0.15, 0.2) is 17.5 Å². The minimum atomic E-state index is -0.619. The predicted molar refractivity (Wildman–Crippen MR) is 59.2 cm³/mol. The highest BCUT2D eigenvalue weighted by Gasteiger charge is 2.52. The molecule has 0 unspecified atom stereocenters. The first-order valence-corrected chi connectivity index (χ1v) is 5.36. The third kappa shape index (κ3) is 1.36. The van der Waals surface area contributed by atoms with Gasteiger partial charge >= 0.3 is 0 Å². The van der Waals surface area contributed by atoms with Gasteiger partial charge in [-0.2, -0.15) is 0 Å². The standard InChI is InChI=1S/C10H10N6O/c1-16-9-7(12-2-3-13-9)5-4-6(5)8(10(16)17)14-15-11/h2-3,5-6,8H,4H2,1H3/t5-,6+,8+/m1/s1. The van der Waals surface area contributed by atoms with E-state index in [1.165, 1.54) is 4.90 Å². The average molecular weight is 230 g/mol. The second-order valence-electron chi connectivity index (χ2n) is 4.32. The third-order valence-electron chi connectivity index (χ3n) is 3.38. The maximum absolute atomic E-state index is 12.1. The van der Waals surface area contributed by atoms with E-state index < -0.39 is 6.04 Å². The van der Waals surface area contributed by atoms with Gasteiger partial charge in [-0.1, -0.05) is 5.11 Å². The Morgan fingerprint density at radius 2 is 2.29 bits per heavy atom. The lowest BCUT2D eigenvalue weighted by molar-refractivity contribution is -0.119. The average Bonchev–Trinajstić information content (AvgIpc) is 3.14. The minimum Gasteiger partial charge on any atom is -0.298 e. The van der Waals surface area contributed by atoms with Crippen molar-refractivity contribution in [1.29, 1.82) is 0 Å². The summed E-state index contributed by atoms with van der Waals surface area (Å²) in [6.45, 7) is 0. The Labute approximate surface area is 97.1 Å². The molecule has 1 saturated carbocycles. The maximum Gasteiger partial charge on any atom is 0.237 e. The van der Waals surface area contributed by atoms with Crippen LogP contribution < -0.4 is 4.90 Å². The molecule has 0 bridgehead atoms. The van der Waals surface area contributed by atoms with Gasteiger partial charge in [0.1, 0.15) is 6.04 Å². The first-order chi connectivity index (χ1) is 8.24. The summed E-state index contributed by atoms with van der Waals surface area (Å²) in [6, 6.07) is -0.619. The number of hydrogen-bond donors (Lipinski definition) is 0. The van der Waals surface area contributed by atoms with Crippen molar-refractivity contribution < 1.29 is 4.79 Å². The molecule has 2 aliphatic rings. The van der Waals surface area contributed by atoms with E-state index in [0.29, 0.717) is 5.82 Å². The van der Waals surface area contributed by atoms with Gasteiger partial charge in [0.25, 0.3) is 0 Å². The summed E-state index contributed by atoms with van der Waals surface area (Å²) in [5.41, 5.74) is 9.36. The van der Waals surface area contributed by atoms with Crippen LogP contribution in [0.1, 0.15) is 18.0 Å². The Bertz CT molecular complexity index is 537. The molecular weight excluding hydrogens is 220 g/mol. The fourth-order valence-electron chi connectivity index (χ4n) is 2.42. The molecule has 0 radical (unpaired) electrons. The molecule has 1 aromatic rings. The van der Waals surface area contributed by atoms with Gasteiger partial charge in [0.05, 0.1) is 5.69 Å². The van der Waals surface area contributed by atoms with Crippen molar-refractivity contribution in [2.24, 2.45) is 11.0 Å². The molecule has 86 valence electrons. The van der Waals surface area contributed by atoms with Gasteiger partial charge in [-0.25, -0.2) is 4.98 Å². The lowest BCUT2D eigenvalue weighted by Gasteiger charge is -2.18. The van der Waals surface area contributed by atoms with Crippen molar-refractivity contribution in [3.63, 3.8) is 0 Å². The number of hydrogen-bond acceptors (Lipinski definition) is 4. The van der Waals surface area contributed by atoms with Crippen molar-refractivity contribution in [2.45, 2.75) is 18.4 Å².